The SMILES string of the molecule is CCc1nnc(C(=O)NCC2CC(N(C)C)C2)s1. The zero-order chi connectivity index (χ0) is 13.1. The van der Waals surface area contributed by atoms with Gasteiger partial charge in [0.15, 0.2) is 0 Å². The highest BCUT2D eigenvalue weighted by Gasteiger charge is 2.30. The molecule has 1 N–H and O–H groups in total. The Morgan fingerprint density at radius 1 is 1.44 bits per heavy atom. The second-order valence-corrected chi connectivity index (χ2v) is 6.08. The average Bonchev–Trinajstić information content (AvgIpc) is 2.74. The quantitative estimate of drug-likeness (QED) is 0.871. The van der Waals surface area contributed by atoms with E-state index < -0.39 is 0 Å². The summed E-state index contributed by atoms with van der Waals surface area (Å²) in [5.41, 5.74) is 0. The van der Waals surface area contributed by atoms with Crippen molar-refractivity contribution in [3.63, 3.8) is 0 Å². The average molecular weight is 268 g/mol. The third-order valence-corrected chi connectivity index (χ3v) is 4.52. The summed E-state index contributed by atoms with van der Waals surface area (Å²) in [6.45, 7) is 2.77. The van der Waals surface area contributed by atoms with Crippen molar-refractivity contribution in [3.05, 3.63) is 10.0 Å². The fourth-order valence-corrected chi connectivity index (χ4v) is 2.79. The van der Waals surface area contributed by atoms with Crippen LogP contribution in [0.4, 0.5) is 0 Å². The van der Waals surface area contributed by atoms with Crippen LogP contribution in [0.15, 0.2) is 0 Å². The number of hydrogen-bond acceptors (Lipinski definition) is 5. The van der Waals surface area contributed by atoms with Crippen LogP contribution < -0.4 is 5.32 Å². The van der Waals surface area contributed by atoms with Gasteiger partial charge in [-0.25, -0.2) is 0 Å². The van der Waals surface area contributed by atoms with Crippen molar-refractivity contribution in [2.75, 3.05) is 20.6 Å². The van der Waals surface area contributed by atoms with Crippen LogP contribution in [0.1, 0.15) is 34.6 Å². The van der Waals surface area contributed by atoms with Gasteiger partial charge in [-0.15, -0.1) is 10.2 Å². The van der Waals surface area contributed by atoms with Crippen LogP contribution in [-0.2, 0) is 6.42 Å². The molecule has 0 saturated heterocycles. The number of aromatic nitrogens is 2. The van der Waals surface area contributed by atoms with E-state index in [9.17, 15) is 4.79 Å². The molecule has 1 saturated carbocycles. The van der Waals surface area contributed by atoms with Gasteiger partial charge in [-0.2, -0.15) is 0 Å². The molecule has 0 radical (unpaired) electrons. The first-order valence-electron chi connectivity index (χ1n) is 6.37. The zero-order valence-corrected chi connectivity index (χ0v) is 12.0. The highest BCUT2D eigenvalue weighted by atomic mass is 32.1. The number of carbonyl (C=O) groups is 1. The van der Waals surface area contributed by atoms with Crippen molar-refractivity contribution in [3.8, 4) is 0 Å². The summed E-state index contributed by atoms with van der Waals surface area (Å²) in [4.78, 5) is 14.1. The van der Waals surface area contributed by atoms with Gasteiger partial charge < -0.3 is 10.2 Å². The number of hydrogen-bond donors (Lipinski definition) is 1. The lowest BCUT2D eigenvalue weighted by molar-refractivity contribution is 0.0892. The Balaban J connectivity index is 1.73. The Kier molecular flexibility index (Phi) is 4.29. The number of aryl methyl sites for hydroxylation is 1. The molecular weight excluding hydrogens is 248 g/mol. The molecule has 6 heteroatoms. The summed E-state index contributed by atoms with van der Waals surface area (Å²) in [6, 6.07) is 0.681. The summed E-state index contributed by atoms with van der Waals surface area (Å²) < 4.78 is 0. The van der Waals surface area contributed by atoms with E-state index in [2.05, 4.69) is 34.5 Å². The molecule has 1 aliphatic carbocycles. The normalized spacial score (nSPS) is 22.9. The van der Waals surface area contributed by atoms with E-state index in [1.165, 1.54) is 24.2 Å². The lowest BCUT2D eigenvalue weighted by Crippen LogP contribution is -2.45. The summed E-state index contributed by atoms with van der Waals surface area (Å²) in [5, 5.41) is 12.2. The Morgan fingerprint density at radius 2 is 2.17 bits per heavy atom. The Bertz CT molecular complexity index is 412. The predicted molar refractivity (Wildman–Crippen MR) is 71.8 cm³/mol. The monoisotopic (exact) mass is 268 g/mol. The molecule has 0 aromatic carbocycles. The largest absolute Gasteiger partial charge is 0.350 e. The molecule has 0 atom stereocenters. The van der Waals surface area contributed by atoms with Gasteiger partial charge in [0.05, 0.1) is 0 Å². The van der Waals surface area contributed by atoms with Gasteiger partial charge in [0.1, 0.15) is 5.01 Å². The highest BCUT2D eigenvalue weighted by Crippen LogP contribution is 2.29. The standard InChI is InChI=1S/C12H20N4OS/c1-4-10-14-15-12(18-10)11(17)13-7-8-5-9(6-8)16(2)3/h8-9H,4-7H2,1-3H3,(H,13,17). The molecule has 0 bridgehead atoms. The maximum absolute atomic E-state index is 11.8. The van der Waals surface area contributed by atoms with Crippen molar-refractivity contribution < 1.29 is 4.79 Å². The predicted octanol–water partition coefficient (Wildman–Crippen LogP) is 1.17. The van der Waals surface area contributed by atoms with E-state index in [-0.39, 0.29) is 5.91 Å². The second kappa shape index (κ2) is 5.75. The van der Waals surface area contributed by atoms with Crippen molar-refractivity contribution in [2.45, 2.75) is 32.2 Å². The summed E-state index contributed by atoms with van der Waals surface area (Å²) in [7, 11) is 4.21. The number of rotatable bonds is 5. The lowest BCUT2D eigenvalue weighted by Gasteiger charge is -2.39. The van der Waals surface area contributed by atoms with Gasteiger partial charge >= 0.3 is 0 Å². The van der Waals surface area contributed by atoms with E-state index in [1.807, 2.05) is 6.92 Å². The van der Waals surface area contributed by atoms with Crippen LogP contribution in [0, 0.1) is 5.92 Å². The van der Waals surface area contributed by atoms with Crippen molar-refractivity contribution in [1.29, 1.82) is 0 Å². The van der Waals surface area contributed by atoms with Crippen LogP contribution in [0.2, 0.25) is 0 Å². The molecule has 1 heterocycles. The van der Waals surface area contributed by atoms with E-state index in [0.717, 1.165) is 18.0 Å². The minimum Gasteiger partial charge on any atom is -0.350 e. The Morgan fingerprint density at radius 3 is 2.72 bits per heavy atom. The summed E-state index contributed by atoms with van der Waals surface area (Å²) in [6.07, 6.45) is 3.17. The summed E-state index contributed by atoms with van der Waals surface area (Å²) in [5.74, 6) is 0.528. The topological polar surface area (TPSA) is 58.1 Å². The van der Waals surface area contributed by atoms with Gasteiger partial charge in [-0.1, -0.05) is 18.3 Å². The van der Waals surface area contributed by atoms with Gasteiger partial charge in [0.25, 0.3) is 5.91 Å². The highest BCUT2D eigenvalue weighted by molar-refractivity contribution is 7.13. The van der Waals surface area contributed by atoms with Crippen LogP contribution in [0.5, 0.6) is 0 Å². The molecule has 0 unspecified atom stereocenters. The number of nitrogens with zero attached hydrogens (tertiary/aromatic N) is 3. The molecule has 0 spiro atoms. The third kappa shape index (κ3) is 3.05. The van der Waals surface area contributed by atoms with Crippen molar-refractivity contribution in [2.24, 2.45) is 5.92 Å². The van der Waals surface area contributed by atoms with Crippen LogP contribution in [-0.4, -0.2) is 47.7 Å². The van der Waals surface area contributed by atoms with Crippen LogP contribution >= 0.6 is 11.3 Å². The first-order valence-corrected chi connectivity index (χ1v) is 7.18. The second-order valence-electron chi connectivity index (χ2n) is 5.02. The maximum atomic E-state index is 11.8. The fourth-order valence-electron chi connectivity index (χ4n) is 2.09. The van der Waals surface area contributed by atoms with Crippen molar-refractivity contribution >= 4 is 17.2 Å². The van der Waals surface area contributed by atoms with Gasteiger partial charge in [-0.05, 0) is 39.3 Å². The van der Waals surface area contributed by atoms with E-state index in [0.29, 0.717) is 17.0 Å². The zero-order valence-electron chi connectivity index (χ0n) is 11.1. The van der Waals surface area contributed by atoms with Crippen LogP contribution in [0.3, 0.4) is 0 Å². The minimum atomic E-state index is -0.0829. The molecule has 5 nitrogen and oxygen atoms in total. The smallest absolute Gasteiger partial charge is 0.282 e. The van der Waals surface area contributed by atoms with E-state index in [1.54, 1.807) is 0 Å². The fraction of sp³-hybridized carbons (Fsp3) is 0.750. The molecule has 2 rings (SSSR count). The van der Waals surface area contributed by atoms with Crippen LogP contribution in [0.25, 0.3) is 0 Å². The number of carbonyl (C=O) groups excluding carboxylic acids is 1. The molecule has 1 fully saturated rings. The Labute approximate surface area is 112 Å². The molecule has 1 amide bonds. The molecule has 0 aliphatic heterocycles. The minimum absolute atomic E-state index is 0.0829. The molecule has 18 heavy (non-hydrogen) atoms. The molecular formula is C12H20N4OS. The first-order chi connectivity index (χ1) is 8.60. The summed E-state index contributed by atoms with van der Waals surface area (Å²) >= 11 is 1.38. The molecule has 1 aromatic rings. The van der Waals surface area contributed by atoms with Gasteiger partial charge in [0.2, 0.25) is 5.01 Å². The van der Waals surface area contributed by atoms with Crippen molar-refractivity contribution in [1.82, 2.24) is 20.4 Å². The van der Waals surface area contributed by atoms with E-state index in [4.69, 9.17) is 0 Å². The third-order valence-electron chi connectivity index (χ3n) is 3.46. The van der Waals surface area contributed by atoms with Gasteiger partial charge in [-0.3, -0.25) is 4.79 Å². The maximum Gasteiger partial charge on any atom is 0.282 e. The van der Waals surface area contributed by atoms with Gasteiger partial charge in [0, 0.05) is 12.6 Å². The Hall–Kier alpha value is -1.01. The number of nitrogens with one attached hydrogen (secondary N) is 1. The molecule has 1 aromatic heterocycles. The van der Waals surface area contributed by atoms with E-state index >= 15 is 0 Å². The first kappa shape index (κ1) is 13.4. The molecule has 1 aliphatic rings. The lowest BCUT2D eigenvalue weighted by atomic mass is 9.79. The molecule has 100 valence electrons. The number of amides is 1.